The second-order valence-electron chi connectivity index (χ2n) is 15.9. The standard InChI is InChI=1S/C58H52N2/c1-41-37-43(3)57(44(4)38-41)59(53-29-21-49(22-30-53)19-17-47-13-9-7-10-14-47)55-33-25-51(26-34-55)52-27-35-56(36-28-52)60(58-45(5)39-42(2)40-46(58)6)54-31-23-50(24-32-54)20-18-48-15-11-8-12-16-48/h7-40H,1-6H3. The summed E-state index contributed by atoms with van der Waals surface area (Å²) in [6.45, 7) is 13.2. The summed E-state index contributed by atoms with van der Waals surface area (Å²) >= 11 is 0. The van der Waals surface area contributed by atoms with Crippen molar-refractivity contribution in [3.05, 3.63) is 238 Å². The van der Waals surface area contributed by atoms with Crippen LogP contribution in [0.3, 0.4) is 0 Å². The molecule has 0 N–H and O–H groups in total. The molecule has 60 heavy (non-hydrogen) atoms. The van der Waals surface area contributed by atoms with Crippen molar-refractivity contribution in [1.29, 1.82) is 0 Å². The highest BCUT2D eigenvalue weighted by Crippen LogP contribution is 2.42. The number of aryl methyl sites for hydroxylation is 6. The maximum Gasteiger partial charge on any atom is 0.0520 e. The number of nitrogens with zero attached hydrogens (tertiary/aromatic N) is 2. The quantitative estimate of drug-likeness (QED) is 0.121. The number of benzene rings is 8. The van der Waals surface area contributed by atoms with Crippen LogP contribution in [0, 0.1) is 41.5 Å². The molecule has 0 aliphatic heterocycles. The molecule has 0 amide bonds. The van der Waals surface area contributed by atoms with Crippen molar-refractivity contribution >= 4 is 58.4 Å². The van der Waals surface area contributed by atoms with E-state index >= 15 is 0 Å². The van der Waals surface area contributed by atoms with Gasteiger partial charge in [0.15, 0.2) is 0 Å². The minimum atomic E-state index is 1.12. The smallest absolute Gasteiger partial charge is 0.0520 e. The molecule has 0 aromatic heterocycles. The Morgan fingerprint density at radius 3 is 0.817 bits per heavy atom. The van der Waals surface area contributed by atoms with Crippen LogP contribution < -0.4 is 9.80 Å². The van der Waals surface area contributed by atoms with Gasteiger partial charge in [0, 0.05) is 22.7 Å². The van der Waals surface area contributed by atoms with Gasteiger partial charge in [0.25, 0.3) is 0 Å². The molecule has 8 aromatic rings. The van der Waals surface area contributed by atoms with Gasteiger partial charge in [-0.3, -0.25) is 0 Å². The summed E-state index contributed by atoms with van der Waals surface area (Å²) in [5.74, 6) is 0. The minimum absolute atomic E-state index is 1.12. The number of hydrogen-bond donors (Lipinski definition) is 0. The molecule has 0 unspecified atom stereocenters. The van der Waals surface area contributed by atoms with Crippen molar-refractivity contribution in [2.75, 3.05) is 9.80 Å². The SMILES string of the molecule is Cc1cc(C)c(N(c2ccc(C=Cc3ccccc3)cc2)c2ccc(-c3ccc(N(c4ccc(C=Cc5ccccc5)cc4)c4c(C)cc(C)cc4C)cc3)cc2)c(C)c1. The van der Waals surface area contributed by atoms with Gasteiger partial charge in [0.05, 0.1) is 11.4 Å². The first-order chi connectivity index (χ1) is 29.2. The first-order valence-corrected chi connectivity index (χ1v) is 20.8. The predicted molar refractivity (Wildman–Crippen MR) is 260 cm³/mol. The topological polar surface area (TPSA) is 6.48 Å². The molecule has 0 saturated carbocycles. The zero-order chi connectivity index (χ0) is 41.6. The van der Waals surface area contributed by atoms with Crippen molar-refractivity contribution in [2.24, 2.45) is 0 Å². The van der Waals surface area contributed by atoms with E-state index in [4.69, 9.17) is 0 Å². The average molecular weight is 777 g/mol. The Morgan fingerprint density at radius 1 is 0.283 bits per heavy atom. The van der Waals surface area contributed by atoms with Crippen LogP contribution in [0.25, 0.3) is 35.4 Å². The zero-order valence-electron chi connectivity index (χ0n) is 35.5. The summed E-state index contributed by atoms with van der Waals surface area (Å²) in [5, 5.41) is 0. The van der Waals surface area contributed by atoms with Crippen LogP contribution in [-0.4, -0.2) is 0 Å². The van der Waals surface area contributed by atoms with Crippen molar-refractivity contribution in [3.63, 3.8) is 0 Å². The zero-order valence-corrected chi connectivity index (χ0v) is 35.5. The summed E-state index contributed by atoms with van der Waals surface area (Å²) in [4.78, 5) is 4.79. The molecule has 0 spiro atoms. The van der Waals surface area contributed by atoms with E-state index in [1.165, 1.54) is 67.0 Å². The lowest BCUT2D eigenvalue weighted by Gasteiger charge is -2.29. The summed E-state index contributed by atoms with van der Waals surface area (Å²) in [7, 11) is 0. The second-order valence-corrected chi connectivity index (χ2v) is 15.9. The lowest BCUT2D eigenvalue weighted by Crippen LogP contribution is -2.13. The minimum Gasteiger partial charge on any atom is -0.310 e. The van der Waals surface area contributed by atoms with Crippen molar-refractivity contribution in [1.82, 2.24) is 0 Å². The molecule has 2 nitrogen and oxygen atoms in total. The fourth-order valence-electron chi connectivity index (χ4n) is 8.45. The van der Waals surface area contributed by atoms with Crippen LogP contribution >= 0.6 is 0 Å². The van der Waals surface area contributed by atoms with Crippen molar-refractivity contribution in [2.45, 2.75) is 41.5 Å². The highest BCUT2D eigenvalue weighted by atomic mass is 15.2. The van der Waals surface area contributed by atoms with Crippen LogP contribution in [0.4, 0.5) is 34.1 Å². The van der Waals surface area contributed by atoms with Crippen molar-refractivity contribution < 1.29 is 0 Å². The molecule has 294 valence electrons. The molecule has 8 rings (SSSR count). The summed E-state index contributed by atoms with van der Waals surface area (Å²) in [5.41, 5.74) is 21.5. The summed E-state index contributed by atoms with van der Waals surface area (Å²) in [6, 6.07) is 65.8. The van der Waals surface area contributed by atoms with Gasteiger partial charge in [0.1, 0.15) is 0 Å². The summed E-state index contributed by atoms with van der Waals surface area (Å²) < 4.78 is 0. The Kier molecular flexibility index (Phi) is 11.7. The third kappa shape index (κ3) is 8.94. The van der Waals surface area contributed by atoms with Gasteiger partial charge in [0.2, 0.25) is 0 Å². The Hall–Kier alpha value is -7.16. The molecule has 8 aromatic carbocycles. The van der Waals surface area contributed by atoms with Gasteiger partial charge in [-0.2, -0.15) is 0 Å². The third-order valence-corrected chi connectivity index (χ3v) is 11.1. The molecule has 0 heterocycles. The number of rotatable bonds is 11. The van der Waals surface area contributed by atoms with Gasteiger partial charge in [-0.15, -0.1) is 0 Å². The largest absolute Gasteiger partial charge is 0.310 e. The van der Waals surface area contributed by atoms with Crippen LogP contribution in [0.1, 0.15) is 55.6 Å². The molecule has 0 radical (unpaired) electrons. The van der Waals surface area contributed by atoms with Gasteiger partial charge in [-0.1, -0.05) is 169 Å². The highest BCUT2D eigenvalue weighted by molar-refractivity contribution is 5.85. The monoisotopic (exact) mass is 776 g/mol. The second kappa shape index (κ2) is 17.8. The molecule has 2 heteroatoms. The highest BCUT2D eigenvalue weighted by Gasteiger charge is 2.19. The predicted octanol–water partition coefficient (Wildman–Crippen LogP) is 16.5. The van der Waals surface area contributed by atoms with Crippen LogP contribution in [0.15, 0.2) is 182 Å². The fourth-order valence-corrected chi connectivity index (χ4v) is 8.45. The lowest BCUT2D eigenvalue weighted by atomic mass is 10.00. The van der Waals surface area contributed by atoms with E-state index in [1.54, 1.807) is 0 Å². The summed E-state index contributed by atoms with van der Waals surface area (Å²) in [6.07, 6.45) is 8.68. The van der Waals surface area contributed by atoms with Crippen molar-refractivity contribution in [3.8, 4) is 11.1 Å². The van der Waals surface area contributed by atoms with Gasteiger partial charge >= 0.3 is 0 Å². The van der Waals surface area contributed by atoms with E-state index in [1.807, 2.05) is 12.1 Å². The van der Waals surface area contributed by atoms with Gasteiger partial charge in [-0.05, 0) is 146 Å². The van der Waals surface area contributed by atoms with Crippen LogP contribution in [-0.2, 0) is 0 Å². The fraction of sp³-hybridized carbons (Fsp3) is 0.103. The van der Waals surface area contributed by atoms with E-state index in [9.17, 15) is 0 Å². The molecular weight excluding hydrogens is 725 g/mol. The Labute approximate surface area is 357 Å². The molecule has 0 aliphatic carbocycles. The Bertz CT molecular complexity index is 2520. The Balaban J connectivity index is 1.10. The van der Waals surface area contributed by atoms with Crippen LogP contribution in [0.5, 0.6) is 0 Å². The van der Waals surface area contributed by atoms with E-state index in [-0.39, 0.29) is 0 Å². The molecular formula is C58H52N2. The normalized spacial score (nSPS) is 11.4. The number of hydrogen-bond acceptors (Lipinski definition) is 2. The molecule has 0 aliphatic rings. The first kappa shape index (κ1) is 39.7. The molecule has 0 fully saturated rings. The van der Waals surface area contributed by atoms with E-state index in [0.29, 0.717) is 0 Å². The maximum atomic E-state index is 2.40. The van der Waals surface area contributed by atoms with E-state index in [0.717, 1.165) is 33.9 Å². The molecule has 0 bridgehead atoms. The maximum absolute atomic E-state index is 2.40. The third-order valence-electron chi connectivity index (χ3n) is 11.1. The number of anilines is 6. The molecule has 0 atom stereocenters. The van der Waals surface area contributed by atoms with Gasteiger partial charge in [-0.25, -0.2) is 0 Å². The van der Waals surface area contributed by atoms with Gasteiger partial charge < -0.3 is 9.80 Å². The van der Waals surface area contributed by atoms with Crippen LogP contribution in [0.2, 0.25) is 0 Å². The van der Waals surface area contributed by atoms with E-state index < -0.39 is 0 Å². The first-order valence-electron chi connectivity index (χ1n) is 20.8. The average Bonchev–Trinajstić information content (AvgIpc) is 3.26. The van der Waals surface area contributed by atoms with E-state index in [2.05, 4.69) is 246 Å². The lowest BCUT2D eigenvalue weighted by molar-refractivity contribution is 1.20. The Morgan fingerprint density at radius 2 is 0.533 bits per heavy atom. The molecule has 0 saturated heterocycles.